The third-order valence-electron chi connectivity index (χ3n) is 2.63. The molecule has 2 aromatic carbocycles. The molecule has 102 valence electrons. The number of halogens is 1. The van der Waals surface area contributed by atoms with E-state index in [9.17, 15) is 8.42 Å². The molecular weight excluding hydrogens is 409 g/mol. The van der Waals surface area contributed by atoms with Gasteiger partial charge < -0.3 is 0 Å². The van der Waals surface area contributed by atoms with Crippen LogP contribution in [0.2, 0.25) is 0 Å². The summed E-state index contributed by atoms with van der Waals surface area (Å²) in [6, 6.07) is 11.8. The van der Waals surface area contributed by atoms with Crippen molar-refractivity contribution in [3.8, 4) is 0 Å². The highest BCUT2D eigenvalue weighted by Crippen LogP contribution is 2.20. The first-order chi connectivity index (χ1) is 9.54. The summed E-state index contributed by atoms with van der Waals surface area (Å²) in [5.41, 5.74) is 1.81. The topological polar surface area (TPSA) is 72.0 Å². The number of hydrogen-bond donors (Lipinski definition) is 1. The lowest BCUT2D eigenvalue weighted by Gasteiger charge is -2.07. The average molecular weight is 417 g/mol. The molecule has 8 heteroatoms. The van der Waals surface area contributed by atoms with Gasteiger partial charge in [0.2, 0.25) is 0 Å². The molecule has 20 heavy (non-hydrogen) atoms. The smallest absolute Gasteiger partial charge is 0.261 e. The number of nitrogens with zero attached hydrogens (tertiary/aromatic N) is 2. The van der Waals surface area contributed by atoms with Gasteiger partial charge in [-0.25, -0.2) is 8.42 Å². The molecule has 5 nitrogen and oxygen atoms in total. The minimum absolute atomic E-state index is 0.177. The Balaban J connectivity index is 1.96. The summed E-state index contributed by atoms with van der Waals surface area (Å²) in [5.74, 6) is 0. The fraction of sp³-hybridized carbons (Fsp3) is 0. The summed E-state index contributed by atoms with van der Waals surface area (Å²) in [6.07, 6.45) is 0. The molecule has 1 aromatic heterocycles. The third-order valence-corrected chi connectivity index (χ3v) is 5.29. The SMILES string of the molecule is O=S(=O)(Nc1ccc(I)cc1)c1ccc2nsnc2c1. The van der Waals surface area contributed by atoms with Crippen molar-refractivity contribution in [2.75, 3.05) is 4.72 Å². The zero-order valence-corrected chi connectivity index (χ0v) is 13.7. The first kappa shape index (κ1) is 13.7. The first-order valence-electron chi connectivity index (χ1n) is 5.55. The standard InChI is InChI=1S/C12H8IN3O2S2/c13-8-1-3-9(4-2-8)16-20(17,18)10-5-6-11-12(7-10)15-19-14-11/h1-7,16H. The van der Waals surface area contributed by atoms with E-state index in [2.05, 4.69) is 36.1 Å². The highest BCUT2D eigenvalue weighted by Gasteiger charge is 2.15. The van der Waals surface area contributed by atoms with Crippen LogP contribution in [0.5, 0.6) is 0 Å². The molecule has 0 aliphatic rings. The predicted molar refractivity (Wildman–Crippen MR) is 87.4 cm³/mol. The minimum atomic E-state index is -3.61. The van der Waals surface area contributed by atoms with Crippen LogP contribution in [0.3, 0.4) is 0 Å². The van der Waals surface area contributed by atoms with Crippen molar-refractivity contribution in [3.05, 3.63) is 46.0 Å². The largest absolute Gasteiger partial charge is 0.280 e. The van der Waals surface area contributed by atoms with Gasteiger partial charge in [-0.2, -0.15) is 8.75 Å². The van der Waals surface area contributed by atoms with Gasteiger partial charge in [-0.1, -0.05) is 0 Å². The number of nitrogens with one attached hydrogen (secondary N) is 1. The zero-order valence-electron chi connectivity index (χ0n) is 9.95. The highest BCUT2D eigenvalue weighted by atomic mass is 127. The fourth-order valence-electron chi connectivity index (χ4n) is 1.66. The van der Waals surface area contributed by atoms with Crippen LogP contribution in [0.4, 0.5) is 5.69 Å². The Morgan fingerprint density at radius 3 is 2.45 bits per heavy atom. The van der Waals surface area contributed by atoms with Gasteiger partial charge in [-0.15, -0.1) is 0 Å². The molecule has 1 heterocycles. The summed E-state index contributed by atoms with van der Waals surface area (Å²) >= 11 is 3.22. The van der Waals surface area contributed by atoms with E-state index in [0.29, 0.717) is 16.7 Å². The fourth-order valence-corrected chi connectivity index (χ4v) is 3.62. The summed E-state index contributed by atoms with van der Waals surface area (Å²) < 4.78 is 36.3. The molecule has 1 N–H and O–H groups in total. The average Bonchev–Trinajstić information content (AvgIpc) is 2.88. The van der Waals surface area contributed by atoms with Crippen LogP contribution in [-0.2, 0) is 10.0 Å². The van der Waals surface area contributed by atoms with E-state index in [-0.39, 0.29) is 4.90 Å². The van der Waals surface area contributed by atoms with Gasteiger partial charge in [0.1, 0.15) is 11.0 Å². The molecule has 3 rings (SSSR count). The number of fused-ring (bicyclic) bond motifs is 1. The molecule has 0 bridgehead atoms. The number of anilines is 1. The summed E-state index contributed by atoms with van der Waals surface area (Å²) in [7, 11) is -3.61. The van der Waals surface area contributed by atoms with E-state index in [0.717, 1.165) is 15.3 Å². The second-order valence-electron chi connectivity index (χ2n) is 4.03. The van der Waals surface area contributed by atoms with Gasteiger partial charge in [0, 0.05) is 9.26 Å². The normalized spacial score (nSPS) is 11.7. The van der Waals surface area contributed by atoms with E-state index in [4.69, 9.17) is 0 Å². The second kappa shape index (κ2) is 5.26. The summed E-state index contributed by atoms with van der Waals surface area (Å²) in [6.45, 7) is 0. The van der Waals surface area contributed by atoms with Gasteiger partial charge in [0.25, 0.3) is 10.0 Å². The van der Waals surface area contributed by atoms with Crippen LogP contribution in [0, 0.1) is 3.57 Å². The number of benzene rings is 2. The third kappa shape index (κ3) is 2.76. The quantitative estimate of drug-likeness (QED) is 0.665. The molecule has 0 unspecified atom stereocenters. The molecule has 0 atom stereocenters. The highest BCUT2D eigenvalue weighted by molar-refractivity contribution is 14.1. The lowest BCUT2D eigenvalue weighted by Crippen LogP contribution is -2.12. The van der Waals surface area contributed by atoms with Crippen molar-refractivity contribution in [1.82, 2.24) is 8.75 Å². The Kier molecular flexibility index (Phi) is 3.61. The number of aromatic nitrogens is 2. The Morgan fingerprint density at radius 2 is 1.70 bits per heavy atom. The Bertz CT molecular complexity index is 860. The molecule has 3 aromatic rings. The second-order valence-corrected chi connectivity index (χ2v) is 7.48. The molecule has 0 aliphatic heterocycles. The molecule has 0 amide bonds. The van der Waals surface area contributed by atoms with E-state index < -0.39 is 10.0 Å². The lowest BCUT2D eigenvalue weighted by molar-refractivity contribution is 0.601. The van der Waals surface area contributed by atoms with Crippen molar-refractivity contribution in [2.45, 2.75) is 4.90 Å². The molecule has 0 aliphatic carbocycles. The van der Waals surface area contributed by atoms with Crippen LogP contribution in [0.1, 0.15) is 0 Å². The zero-order chi connectivity index (χ0) is 14.2. The molecule has 0 spiro atoms. The maximum Gasteiger partial charge on any atom is 0.261 e. The first-order valence-corrected chi connectivity index (χ1v) is 8.84. The van der Waals surface area contributed by atoms with Crippen molar-refractivity contribution < 1.29 is 8.42 Å². The molecule has 0 saturated carbocycles. The Hall–Kier alpha value is -1.26. The van der Waals surface area contributed by atoms with Gasteiger partial charge in [-0.3, -0.25) is 4.72 Å². The van der Waals surface area contributed by atoms with Crippen molar-refractivity contribution in [2.24, 2.45) is 0 Å². The van der Waals surface area contributed by atoms with E-state index >= 15 is 0 Å². The molecule has 0 fully saturated rings. The van der Waals surface area contributed by atoms with Crippen LogP contribution in [-0.4, -0.2) is 17.2 Å². The van der Waals surface area contributed by atoms with Crippen LogP contribution < -0.4 is 4.72 Å². The molecule has 0 radical (unpaired) electrons. The maximum atomic E-state index is 12.3. The van der Waals surface area contributed by atoms with Crippen LogP contribution in [0.25, 0.3) is 11.0 Å². The van der Waals surface area contributed by atoms with Gasteiger partial charge in [-0.05, 0) is 65.1 Å². The summed E-state index contributed by atoms with van der Waals surface area (Å²) in [5, 5.41) is 0. The van der Waals surface area contributed by atoms with E-state index in [1.54, 1.807) is 18.2 Å². The predicted octanol–water partition coefficient (Wildman–Crippen LogP) is 3.10. The Labute approximate surface area is 133 Å². The monoisotopic (exact) mass is 417 g/mol. The Morgan fingerprint density at radius 1 is 1.00 bits per heavy atom. The van der Waals surface area contributed by atoms with E-state index in [1.165, 1.54) is 12.1 Å². The minimum Gasteiger partial charge on any atom is -0.280 e. The van der Waals surface area contributed by atoms with E-state index in [1.807, 2.05) is 12.1 Å². The van der Waals surface area contributed by atoms with Crippen molar-refractivity contribution in [1.29, 1.82) is 0 Å². The number of sulfonamides is 1. The van der Waals surface area contributed by atoms with Crippen molar-refractivity contribution >= 4 is 61.1 Å². The lowest BCUT2D eigenvalue weighted by atomic mass is 10.3. The number of hydrogen-bond acceptors (Lipinski definition) is 5. The van der Waals surface area contributed by atoms with Crippen LogP contribution >= 0.6 is 34.3 Å². The van der Waals surface area contributed by atoms with Gasteiger partial charge in [0.05, 0.1) is 16.6 Å². The number of rotatable bonds is 3. The molecule has 0 saturated heterocycles. The molecular formula is C12H8IN3O2S2. The van der Waals surface area contributed by atoms with Gasteiger partial charge in [0.15, 0.2) is 0 Å². The van der Waals surface area contributed by atoms with Gasteiger partial charge >= 0.3 is 0 Å². The van der Waals surface area contributed by atoms with Crippen molar-refractivity contribution in [3.63, 3.8) is 0 Å². The maximum absolute atomic E-state index is 12.3. The van der Waals surface area contributed by atoms with Crippen LogP contribution in [0.15, 0.2) is 47.4 Å². The summed E-state index contributed by atoms with van der Waals surface area (Å²) in [4.78, 5) is 0.177.